The molecule has 0 spiro atoms. The summed E-state index contributed by atoms with van der Waals surface area (Å²) in [7, 11) is 0. The van der Waals surface area contributed by atoms with Crippen LogP contribution in [0.3, 0.4) is 0 Å². The molecule has 2 aliphatic rings. The van der Waals surface area contributed by atoms with Crippen molar-refractivity contribution in [1.29, 1.82) is 0 Å². The first kappa shape index (κ1) is 9.34. The molecule has 0 aliphatic carbocycles. The maximum Gasteiger partial charge on any atom is 0.325 e. The van der Waals surface area contributed by atoms with Gasteiger partial charge in [-0.2, -0.15) is 11.0 Å². The number of hydroxylamine groups is 2. The Hall–Kier alpha value is -1.22. The third-order valence-corrected chi connectivity index (χ3v) is 2.13. The minimum Gasteiger partial charge on any atom is -0.395 e. The molecule has 2 rings (SSSR count). The minimum absolute atomic E-state index is 0.137. The maximum absolute atomic E-state index is 11.3. The molecule has 0 aromatic carbocycles. The second-order valence-electron chi connectivity index (χ2n) is 2.97. The molecule has 0 aromatic heterocycles. The van der Waals surface area contributed by atoms with Crippen molar-refractivity contribution in [3.63, 3.8) is 0 Å². The SMILES string of the molecule is O=C1NC(=O)N(CCO)C2NONC12. The molecule has 2 heterocycles. The monoisotopic (exact) mass is 202 g/mol. The number of rotatable bonds is 2. The summed E-state index contributed by atoms with van der Waals surface area (Å²) in [5, 5.41) is 10.9. The van der Waals surface area contributed by atoms with Crippen molar-refractivity contribution in [1.82, 2.24) is 21.2 Å². The number of nitrogens with zero attached hydrogens (tertiary/aromatic N) is 1. The number of β-amino-alcohol motifs (C(OH)–C–C–N with tert-alkyl or cyclic N) is 1. The average Bonchev–Trinajstić information content (AvgIpc) is 2.60. The highest BCUT2D eigenvalue weighted by Gasteiger charge is 2.45. The number of aliphatic hydroxyl groups excluding tert-OH is 1. The normalized spacial score (nSPS) is 31.6. The fraction of sp³-hybridized carbons (Fsp3) is 0.667. The largest absolute Gasteiger partial charge is 0.395 e. The van der Waals surface area contributed by atoms with Gasteiger partial charge in [-0.1, -0.05) is 0 Å². The molecule has 2 fully saturated rings. The number of nitrogens with one attached hydrogen (secondary N) is 3. The van der Waals surface area contributed by atoms with Crippen LogP contribution in [0.5, 0.6) is 0 Å². The molecular formula is C6H10N4O4. The van der Waals surface area contributed by atoms with E-state index in [2.05, 4.69) is 21.2 Å². The van der Waals surface area contributed by atoms with Crippen LogP contribution in [-0.4, -0.2) is 47.3 Å². The van der Waals surface area contributed by atoms with Crippen LogP contribution in [0.1, 0.15) is 0 Å². The number of fused-ring (bicyclic) bond motifs is 1. The standard InChI is InChI=1S/C6H10N4O4/c11-2-1-10-4-3(8-14-9-4)5(12)7-6(10)13/h3-4,8-9,11H,1-2H2,(H,7,12,13). The summed E-state index contributed by atoms with van der Waals surface area (Å²) in [6, 6.07) is -1.18. The zero-order chi connectivity index (χ0) is 10.1. The summed E-state index contributed by atoms with van der Waals surface area (Å²) < 4.78 is 0. The first-order valence-electron chi connectivity index (χ1n) is 4.13. The highest BCUT2D eigenvalue weighted by Crippen LogP contribution is 2.12. The van der Waals surface area contributed by atoms with Gasteiger partial charge in [0.2, 0.25) is 0 Å². The number of hydrogen-bond donors (Lipinski definition) is 4. The van der Waals surface area contributed by atoms with E-state index in [0.29, 0.717) is 0 Å². The molecule has 0 saturated carbocycles. The molecule has 8 nitrogen and oxygen atoms in total. The van der Waals surface area contributed by atoms with Gasteiger partial charge >= 0.3 is 6.03 Å². The zero-order valence-electron chi connectivity index (χ0n) is 7.19. The van der Waals surface area contributed by atoms with Crippen LogP contribution in [0.15, 0.2) is 0 Å². The lowest BCUT2D eigenvalue weighted by atomic mass is 10.1. The molecule has 4 N–H and O–H groups in total. The Labute approximate surface area is 79.1 Å². The Kier molecular flexibility index (Phi) is 2.33. The molecule has 3 amide bonds. The van der Waals surface area contributed by atoms with Crippen LogP contribution < -0.4 is 16.3 Å². The van der Waals surface area contributed by atoms with Crippen LogP contribution in [0.4, 0.5) is 4.79 Å². The van der Waals surface area contributed by atoms with E-state index in [1.807, 2.05) is 0 Å². The first-order chi connectivity index (χ1) is 6.74. The molecule has 2 atom stereocenters. The topological polar surface area (TPSA) is 103 Å². The number of carbonyl (C=O) groups excluding carboxylic acids is 2. The number of urea groups is 1. The lowest BCUT2D eigenvalue weighted by Crippen LogP contribution is -2.66. The molecule has 14 heavy (non-hydrogen) atoms. The average molecular weight is 202 g/mol. The van der Waals surface area contributed by atoms with Crippen molar-refractivity contribution in [2.24, 2.45) is 0 Å². The molecule has 2 unspecified atom stereocenters. The van der Waals surface area contributed by atoms with Crippen LogP contribution >= 0.6 is 0 Å². The Bertz CT molecular complexity index is 271. The number of amides is 3. The van der Waals surface area contributed by atoms with Crippen molar-refractivity contribution in [3.05, 3.63) is 0 Å². The van der Waals surface area contributed by atoms with Crippen molar-refractivity contribution >= 4 is 11.9 Å². The molecule has 8 heteroatoms. The number of imide groups is 1. The van der Waals surface area contributed by atoms with Crippen LogP contribution in [0.2, 0.25) is 0 Å². The summed E-state index contributed by atoms with van der Waals surface area (Å²) in [5.41, 5.74) is 4.89. The second kappa shape index (κ2) is 3.50. The van der Waals surface area contributed by atoms with Gasteiger partial charge in [-0.15, -0.1) is 0 Å². The molecule has 2 aliphatic heterocycles. The van der Waals surface area contributed by atoms with Gasteiger partial charge in [-0.05, 0) is 0 Å². The van der Waals surface area contributed by atoms with Gasteiger partial charge in [0.1, 0.15) is 12.2 Å². The Morgan fingerprint density at radius 2 is 2.21 bits per heavy atom. The fourth-order valence-corrected chi connectivity index (χ4v) is 1.46. The molecule has 0 aromatic rings. The van der Waals surface area contributed by atoms with Crippen LogP contribution in [0.25, 0.3) is 0 Å². The maximum atomic E-state index is 11.3. The first-order valence-corrected chi connectivity index (χ1v) is 4.13. The van der Waals surface area contributed by atoms with E-state index in [0.717, 1.165) is 0 Å². The fourth-order valence-electron chi connectivity index (χ4n) is 1.46. The van der Waals surface area contributed by atoms with Crippen molar-refractivity contribution in [2.75, 3.05) is 13.2 Å². The summed E-state index contributed by atoms with van der Waals surface area (Å²) in [6.07, 6.45) is -0.566. The van der Waals surface area contributed by atoms with Gasteiger partial charge in [0, 0.05) is 6.54 Å². The third-order valence-electron chi connectivity index (χ3n) is 2.13. The van der Waals surface area contributed by atoms with Gasteiger partial charge in [0.15, 0.2) is 0 Å². The van der Waals surface area contributed by atoms with Crippen molar-refractivity contribution in [3.8, 4) is 0 Å². The Morgan fingerprint density at radius 1 is 1.43 bits per heavy atom. The van der Waals surface area contributed by atoms with Gasteiger partial charge in [0.25, 0.3) is 5.91 Å². The Morgan fingerprint density at radius 3 is 2.93 bits per heavy atom. The second-order valence-corrected chi connectivity index (χ2v) is 2.97. The Balaban J connectivity index is 2.16. The number of hydrogen-bond acceptors (Lipinski definition) is 6. The minimum atomic E-state index is -0.640. The summed E-state index contributed by atoms with van der Waals surface area (Å²) >= 11 is 0. The van der Waals surface area contributed by atoms with E-state index >= 15 is 0 Å². The summed E-state index contributed by atoms with van der Waals surface area (Å²) in [6.45, 7) is -0.0369. The van der Waals surface area contributed by atoms with Crippen molar-refractivity contribution < 1.29 is 19.6 Å². The van der Waals surface area contributed by atoms with Gasteiger partial charge < -0.3 is 10.0 Å². The molecule has 78 valence electrons. The van der Waals surface area contributed by atoms with E-state index in [1.54, 1.807) is 0 Å². The van der Waals surface area contributed by atoms with Gasteiger partial charge in [-0.3, -0.25) is 10.1 Å². The van der Waals surface area contributed by atoms with Gasteiger partial charge in [0.05, 0.1) is 6.61 Å². The third kappa shape index (κ3) is 1.34. The van der Waals surface area contributed by atoms with Crippen LogP contribution in [0, 0.1) is 0 Å². The quantitative estimate of drug-likeness (QED) is 0.387. The van der Waals surface area contributed by atoms with Crippen LogP contribution in [-0.2, 0) is 9.73 Å². The lowest BCUT2D eigenvalue weighted by Gasteiger charge is -2.33. The number of carbonyl (C=O) groups is 2. The summed E-state index contributed by atoms with van der Waals surface area (Å²) in [4.78, 5) is 28.5. The zero-order valence-corrected chi connectivity index (χ0v) is 7.19. The van der Waals surface area contributed by atoms with E-state index in [4.69, 9.17) is 5.11 Å². The predicted molar refractivity (Wildman–Crippen MR) is 42.3 cm³/mol. The van der Waals surface area contributed by atoms with E-state index in [9.17, 15) is 9.59 Å². The molecule has 0 radical (unpaired) electrons. The highest BCUT2D eigenvalue weighted by atomic mass is 16.8. The highest BCUT2D eigenvalue weighted by molar-refractivity contribution is 6.00. The van der Waals surface area contributed by atoms with E-state index in [-0.39, 0.29) is 13.2 Å². The molecule has 0 bridgehead atoms. The smallest absolute Gasteiger partial charge is 0.325 e. The number of aliphatic hydroxyl groups is 1. The van der Waals surface area contributed by atoms with Gasteiger partial charge in [-0.25, -0.2) is 9.73 Å². The van der Waals surface area contributed by atoms with E-state index in [1.165, 1.54) is 4.90 Å². The predicted octanol–water partition coefficient (Wildman–Crippen LogP) is -2.74. The van der Waals surface area contributed by atoms with Crippen molar-refractivity contribution in [2.45, 2.75) is 12.2 Å². The summed E-state index contributed by atoms with van der Waals surface area (Å²) in [5.74, 6) is -0.445. The molecular weight excluding hydrogens is 192 g/mol. The lowest BCUT2D eigenvalue weighted by molar-refractivity contribution is -0.125. The van der Waals surface area contributed by atoms with E-state index < -0.39 is 24.1 Å². The molecule has 2 saturated heterocycles.